The molecule has 11 heavy (non-hydrogen) atoms. The van der Waals surface area contributed by atoms with Gasteiger partial charge >= 0.3 is 5.97 Å². The fourth-order valence-electron chi connectivity index (χ4n) is 1.16. The summed E-state index contributed by atoms with van der Waals surface area (Å²) < 4.78 is 0. The topological polar surface area (TPSA) is 63.4 Å². The number of rotatable bonds is 2. The van der Waals surface area contributed by atoms with Crippen LogP contribution in [0.4, 0.5) is 0 Å². The van der Waals surface area contributed by atoms with Gasteiger partial charge in [0.05, 0.1) is 6.42 Å². The standard InChI is InChI=1S/C7H13N2O2/c10-7(11)4-6-5-8-2-1-3-9-6/h6,9H,1-5H2,(H,10,11). The van der Waals surface area contributed by atoms with Gasteiger partial charge in [-0.1, -0.05) is 0 Å². The molecule has 0 amide bonds. The Balaban J connectivity index is 2.25. The molecule has 63 valence electrons. The number of hydrogen-bond donors (Lipinski definition) is 2. The Hall–Kier alpha value is -0.610. The highest BCUT2D eigenvalue weighted by Crippen LogP contribution is 1.95. The fraction of sp³-hybridized carbons (Fsp3) is 0.857. The van der Waals surface area contributed by atoms with Gasteiger partial charge in [-0.25, -0.2) is 5.32 Å². The highest BCUT2D eigenvalue weighted by atomic mass is 16.4. The van der Waals surface area contributed by atoms with E-state index in [9.17, 15) is 4.79 Å². The van der Waals surface area contributed by atoms with Crippen LogP contribution < -0.4 is 10.6 Å². The minimum Gasteiger partial charge on any atom is -0.481 e. The molecule has 4 nitrogen and oxygen atoms in total. The molecule has 1 aliphatic heterocycles. The van der Waals surface area contributed by atoms with Gasteiger partial charge in [0.25, 0.3) is 0 Å². The van der Waals surface area contributed by atoms with Crippen LogP contribution in [0.15, 0.2) is 0 Å². The molecule has 0 aromatic carbocycles. The number of hydrogen-bond acceptors (Lipinski definition) is 2. The van der Waals surface area contributed by atoms with E-state index in [4.69, 9.17) is 5.11 Å². The molecular weight excluding hydrogens is 144 g/mol. The number of carboxylic acids is 1. The minimum atomic E-state index is -0.750. The quantitative estimate of drug-likeness (QED) is 0.564. The van der Waals surface area contributed by atoms with Crippen molar-refractivity contribution in [3.05, 3.63) is 0 Å². The molecule has 0 saturated carbocycles. The lowest BCUT2D eigenvalue weighted by Gasteiger charge is -2.11. The van der Waals surface area contributed by atoms with E-state index in [-0.39, 0.29) is 12.5 Å². The Morgan fingerprint density at radius 3 is 3.27 bits per heavy atom. The van der Waals surface area contributed by atoms with Crippen LogP contribution in [0.25, 0.3) is 0 Å². The molecule has 1 heterocycles. The normalized spacial score (nSPS) is 26.0. The van der Waals surface area contributed by atoms with Crippen molar-refractivity contribution in [1.29, 1.82) is 0 Å². The van der Waals surface area contributed by atoms with Gasteiger partial charge in [-0.2, -0.15) is 0 Å². The Morgan fingerprint density at radius 2 is 2.55 bits per heavy atom. The molecule has 1 rings (SSSR count). The summed E-state index contributed by atoms with van der Waals surface area (Å²) in [6, 6.07) is 0.0509. The molecule has 0 bridgehead atoms. The first-order chi connectivity index (χ1) is 5.29. The summed E-state index contributed by atoms with van der Waals surface area (Å²) in [5.74, 6) is -0.750. The van der Waals surface area contributed by atoms with Gasteiger partial charge in [0.1, 0.15) is 0 Å². The Kier molecular flexibility index (Phi) is 3.32. The number of aliphatic carboxylic acids is 1. The summed E-state index contributed by atoms with van der Waals surface area (Å²) in [6.07, 6.45) is 1.21. The molecule has 1 aliphatic rings. The lowest BCUT2D eigenvalue weighted by Crippen LogP contribution is -2.35. The molecule has 0 aromatic rings. The van der Waals surface area contributed by atoms with E-state index >= 15 is 0 Å². The molecule has 1 unspecified atom stereocenters. The summed E-state index contributed by atoms with van der Waals surface area (Å²) >= 11 is 0. The largest absolute Gasteiger partial charge is 0.481 e. The number of carboxylic acid groups (broad SMARTS) is 1. The van der Waals surface area contributed by atoms with Crippen LogP contribution in [0, 0.1) is 0 Å². The Labute approximate surface area is 66.0 Å². The molecule has 4 heteroatoms. The van der Waals surface area contributed by atoms with Crippen molar-refractivity contribution in [1.82, 2.24) is 10.6 Å². The summed E-state index contributed by atoms with van der Waals surface area (Å²) in [5.41, 5.74) is 0. The van der Waals surface area contributed by atoms with Gasteiger partial charge in [-0.3, -0.25) is 4.79 Å². The average Bonchev–Trinajstić information content (AvgIpc) is 2.14. The van der Waals surface area contributed by atoms with Gasteiger partial charge in [0.2, 0.25) is 0 Å². The minimum absolute atomic E-state index is 0.0509. The van der Waals surface area contributed by atoms with Crippen molar-refractivity contribution >= 4 is 5.97 Å². The van der Waals surface area contributed by atoms with Crippen LogP contribution >= 0.6 is 0 Å². The molecule has 0 aliphatic carbocycles. The number of nitrogens with one attached hydrogen (secondary N) is 1. The van der Waals surface area contributed by atoms with Crippen LogP contribution in [0.1, 0.15) is 12.8 Å². The van der Waals surface area contributed by atoms with Crippen molar-refractivity contribution in [2.45, 2.75) is 18.9 Å². The van der Waals surface area contributed by atoms with Gasteiger partial charge in [-0.15, -0.1) is 0 Å². The molecule has 1 atom stereocenters. The average molecular weight is 157 g/mol. The Morgan fingerprint density at radius 1 is 1.73 bits per heavy atom. The van der Waals surface area contributed by atoms with Crippen molar-refractivity contribution in [2.75, 3.05) is 19.6 Å². The maximum absolute atomic E-state index is 10.3. The van der Waals surface area contributed by atoms with Crippen molar-refractivity contribution in [2.24, 2.45) is 0 Å². The zero-order valence-corrected chi connectivity index (χ0v) is 6.42. The monoisotopic (exact) mass is 157 g/mol. The number of nitrogens with zero attached hydrogens (tertiary/aromatic N) is 1. The van der Waals surface area contributed by atoms with Gasteiger partial charge in [-0.05, 0) is 13.0 Å². The first-order valence-corrected chi connectivity index (χ1v) is 3.87. The summed E-state index contributed by atoms with van der Waals surface area (Å²) in [7, 11) is 0. The second-order valence-electron chi connectivity index (χ2n) is 2.73. The first-order valence-electron chi connectivity index (χ1n) is 3.87. The number of carbonyl (C=O) groups is 1. The van der Waals surface area contributed by atoms with Crippen LogP contribution in [0.5, 0.6) is 0 Å². The molecular formula is C7H13N2O2. The predicted octanol–water partition coefficient (Wildman–Crippen LogP) is -0.573. The van der Waals surface area contributed by atoms with E-state index in [0.717, 1.165) is 19.5 Å². The maximum Gasteiger partial charge on any atom is 0.304 e. The van der Waals surface area contributed by atoms with Gasteiger partial charge < -0.3 is 10.4 Å². The molecule has 1 saturated heterocycles. The predicted molar refractivity (Wildman–Crippen MR) is 40.5 cm³/mol. The van der Waals surface area contributed by atoms with E-state index in [0.29, 0.717) is 6.54 Å². The second kappa shape index (κ2) is 4.31. The van der Waals surface area contributed by atoms with Crippen molar-refractivity contribution < 1.29 is 9.90 Å². The van der Waals surface area contributed by atoms with Crippen molar-refractivity contribution in [3.63, 3.8) is 0 Å². The highest BCUT2D eigenvalue weighted by molar-refractivity contribution is 5.67. The van der Waals surface area contributed by atoms with E-state index in [1.54, 1.807) is 0 Å². The zero-order chi connectivity index (χ0) is 8.10. The molecule has 0 aromatic heterocycles. The van der Waals surface area contributed by atoms with E-state index in [2.05, 4.69) is 10.6 Å². The SMILES string of the molecule is O=C(O)CC1C[N]CCCN1. The van der Waals surface area contributed by atoms with Crippen LogP contribution in [-0.4, -0.2) is 36.8 Å². The van der Waals surface area contributed by atoms with Crippen LogP contribution in [0.3, 0.4) is 0 Å². The lowest BCUT2D eigenvalue weighted by atomic mass is 10.2. The molecule has 1 radical (unpaired) electrons. The first kappa shape index (κ1) is 8.49. The van der Waals surface area contributed by atoms with E-state index in [1.807, 2.05) is 0 Å². The Bertz CT molecular complexity index is 130. The second-order valence-corrected chi connectivity index (χ2v) is 2.73. The fourth-order valence-corrected chi connectivity index (χ4v) is 1.16. The third-order valence-electron chi connectivity index (χ3n) is 1.70. The maximum atomic E-state index is 10.3. The highest BCUT2D eigenvalue weighted by Gasteiger charge is 2.14. The van der Waals surface area contributed by atoms with E-state index in [1.165, 1.54) is 0 Å². The lowest BCUT2D eigenvalue weighted by molar-refractivity contribution is -0.137. The van der Waals surface area contributed by atoms with Gasteiger partial charge in [0, 0.05) is 19.1 Å². The molecule has 1 fully saturated rings. The molecule has 2 N–H and O–H groups in total. The summed E-state index contributed by atoms with van der Waals surface area (Å²) in [6.45, 7) is 2.40. The van der Waals surface area contributed by atoms with Crippen LogP contribution in [-0.2, 0) is 4.79 Å². The zero-order valence-electron chi connectivity index (χ0n) is 6.42. The van der Waals surface area contributed by atoms with E-state index < -0.39 is 5.97 Å². The summed E-state index contributed by atoms with van der Waals surface area (Å²) in [5, 5.41) is 15.8. The van der Waals surface area contributed by atoms with Crippen molar-refractivity contribution in [3.8, 4) is 0 Å². The third kappa shape index (κ3) is 3.34. The smallest absolute Gasteiger partial charge is 0.304 e. The summed E-state index contributed by atoms with van der Waals surface area (Å²) in [4.78, 5) is 10.3. The molecule has 0 spiro atoms. The van der Waals surface area contributed by atoms with Crippen LogP contribution in [0.2, 0.25) is 0 Å². The van der Waals surface area contributed by atoms with Gasteiger partial charge in [0.15, 0.2) is 0 Å². The third-order valence-corrected chi connectivity index (χ3v) is 1.70.